The lowest BCUT2D eigenvalue weighted by Crippen LogP contribution is -2.59. The van der Waals surface area contributed by atoms with Gasteiger partial charge in [0.1, 0.15) is 24.2 Å². The number of aliphatic hydroxyl groups excluding tert-OH is 2. The molecular formula is C17H28N4O7. The van der Waals surface area contributed by atoms with Crippen LogP contribution in [0.15, 0.2) is 0 Å². The van der Waals surface area contributed by atoms with Gasteiger partial charge >= 0.3 is 5.97 Å². The van der Waals surface area contributed by atoms with Crippen molar-refractivity contribution in [3.05, 3.63) is 0 Å². The number of hydrogen-bond donors (Lipinski definition) is 5. The fourth-order valence-corrected chi connectivity index (χ4v) is 3.68. The molecule has 2 rings (SSSR count). The third kappa shape index (κ3) is 4.59. The van der Waals surface area contributed by atoms with Crippen LogP contribution in [-0.2, 0) is 19.2 Å². The number of carbonyl (C=O) groups excluding carboxylic acids is 3. The van der Waals surface area contributed by atoms with Gasteiger partial charge in [-0.25, -0.2) is 4.79 Å². The maximum atomic E-state index is 12.9. The third-order valence-corrected chi connectivity index (χ3v) is 5.22. The quantitative estimate of drug-likeness (QED) is 0.305. The summed E-state index contributed by atoms with van der Waals surface area (Å²) in [5.41, 5.74) is 5.44. The summed E-state index contributed by atoms with van der Waals surface area (Å²) >= 11 is 0. The Balaban J connectivity index is 2.14. The fourth-order valence-electron chi connectivity index (χ4n) is 3.68. The number of carboxylic acids is 1. The summed E-state index contributed by atoms with van der Waals surface area (Å²) in [6.45, 7) is 1.27. The zero-order valence-electron chi connectivity index (χ0n) is 15.8. The molecule has 2 saturated heterocycles. The molecule has 0 aromatic carbocycles. The number of hydrogen-bond acceptors (Lipinski definition) is 7. The average molecular weight is 400 g/mol. The summed E-state index contributed by atoms with van der Waals surface area (Å²) in [5.74, 6) is -2.95. The van der Waals surface area contributed by atoms with Crippen molar-refractivity contribution in [3.63, 3.8) is 0 Å². The van der Waals surface area contributed by atoms with Crippen molar-refractivity contribution < 1.29 is 34.5 Å². The Labute approximate surface area is 162 Å². The molecule has 11 heteroatoms. The topological polar surface area (TPSA) is 174 Å². The zero-order chi connectivity index (χ0) is 21.0. The van der Waals surface area contributed by atoms with Crippen molar-refractivity contribution in [3.8, 4) is 0 Å². The number of aliphatic carboxylic acids is 1. The van der Waals surface area contributed by atoms with Crippen molar-refractivity contribution >= 4 is 23.7 Å². The summed E-state index contributed by atoms with van der Waals surface area (Å²) < 4.78 is 0. The van der Waals surface area contributed by atoms with Gasteiger partial charge in [-0.05, 0) is 32.6 Å². The first kappa shape index (κ1) is 22.1. The predicted octanol–water partition coefficient (Wildman–Crippen LogP) is -2.76. The summed E-state index contributed by atoms with van der Waals surface area (Å²) in [7, 11) is 0. The Morgan fingerprint density at radius 3 is 2.21 bits per heavy atom. The Bertz CT molecular complexity index is 627. The maximum absolute atomic E-state index is 12.9. The van der Waals surface area contributed by atoms with Gasteiger partial charge in [0.05, 0.1) is 12.7 Å². The average Bonchev–Trinajstić information content (AvgIpc) is 3.33. The van der Waals surface area contributed by atoms with E-state index in [1.165, 1.54) is 16.7 Å². The number of rotatable bonds is 7. The molecule has 2 aliphatic heterocycles. The normalized spacial score (nSPS) is 25.3. The van der Waals surface area contributed by atoms with E-state index in [1.54, 1.807) is 0 Å². The molecule has 2 heterocycles. The second-order valence-electron chi connectivity index (χ2n) is 7.23. The van der Waals surface area contributed by atoms with Crippen LogP contribution in [0.3, 0.4) is 0 Å². The highest BCUT2D eigenvalue weighted by Crippen LogP contribution is 2.25. The molecule has 0 aromatic rings. The van der Waals surface area contributed by atoms with E-state index < -0.39 is 60.6 Å². The Morgan fingerprint density at radius 1 is 1.11 bits per heavy atom. The van der Waals surface area contributed by atoms with Crippen LogP contribution in [-0.4, -0.2) is 98.8 Å². The smallest absolute Gasteiger partial charge is 0.326 e. The molecule has 0 unspecified atom stereocenters. The molecule has 5 atom stereocenters. The van der Waals surface area contributed by atoms with Gasteiger partial charge in [0.25, 0.3) is 0 Å². The molecule has 11 nitrogen and oxygen atoms in total. The lowest BCUT2D eigenvalue weighted by molar-refractivity contribution is -0.153. The van der Waals surface area contributed by atoms with Crippen molar-refractivity contribution in [2.45, 2.75) is 62.9 Å². The maximum Gasteiger partial charge on any atom is 0.326 e. The number of nitrogens with two attached hydrogens (primary N) is 1. The number of aliphatic hydroxyl groups is 2. The molecule has 0 aliphatic carbocycles. The van der Waals surface area contributed by atoms with Crippen LogP contribution in [0.2, 0.25) is 0 Å². The molecule has 28 heavy (non-hydrogen) atoms. The van der Waals surface area contributed by atoms with Crippen LogP contribution < -0.4 is 11.1 Å². The van der Waals surface area contributed by atoms with E-state index in [0.717, 1.165) is 0 Å². The van der Waals surface area contributed by atoms with E-state index in [-0.39, 0.29) is 6.54 Å². The van der Waals surface area contributed by atoms with E-state index in [1.807, 2.05) is 0 Å². The lowest BCUT2D eigenvalue weighted by atomic mass is 10.1. The molecule has 0 aromatic heterocycles. The molecule has 0 saturated carbocycles. The van der Waals surface area contributed by atoms with Crippen molar-refractivity contribution in [2.24, 2.45) is 5.73 Å². The van der Waals surface area contributed by atoms with E-state index in [9.17, 15) is 29.4 Å². The summed E-state index contributed by atoms with van der Waals surface area (Å²) in [5, 5.41) is 30.5. The minimum Gasteiger partial charge on any atom is -0.480 e. The summed E-state index contributed by atoms with van der Waals surface area (Å²) in [6, 6.07) is -4.31. The van der Waals surface area contributed by atoms with Crippen molar-refractivity contribution in [2.75, 3.05) is 19.7 Å². The second kappa shape index (κ2) is 9.30. The summed E-state index contributed by atoms with van der Waals surface area (Å²) in [4.78, 5) is 51.7. The van der Waals surface area contributed by atoms with E-state index in [0.29, 0.717) is 32.2 Å². The first-order valence-corrected chi connectivity index (χ1v) is 9.37. The number of carboxylic acid groups (broad SMARTS) is 1. The number of nitrogens with zero attached hydrogens (tertiary/aromatic N) is 2. The number of likely N-dealkylation sites (tertiary alicyclic amines) is 2. The molecule has 2 aliphatic rings. The largest absolute Gasteiger partial charge is 0.480 e. The van der Waals surface area contributed by atoms with Gasteiger partial charge < -0.3 is 36.2 Å². The summed E-state index contributed by atoms with van der Waals surface area (Å²) in [6.07, 6.45) is 0.619. The fraction of sp³-hybridized carbons (Fsp3) is 0.765. The standard InChI is InChI=1S/C17H28N4O7/c1-9(23)13(19-14(24)10(18)8-22)16(26)20-6-2-4-11(20)15(25)21-7-3-5-12(21)17(27)28/h9-13,22-23H,2-8,18H2,1H3,(H,19,24)(H,27,28)/t9-,10+,11-,12+,13+/m1/s1. The minimum absolute atomic E-state index is 0.256. The molecule has 2 fully saturated rings. The Hall–Kier alpha value is -2.24. The molecule has 6 N–H and O–H groups in total. The number of nitrogens with one attached hydrogen (secondary N) is 1. The molecule has 0 bridgehead atoms. The molecule has 0 spiro atoms. The van der Waals surface area contributed by atoms with E-state index in [2.05, 4.69) is 5.32 Å². The third-order valence-electron chi connectivity index (χ3n) is 5.22. The van der Waals surface area contributed by atoms with Crippen molar-refractivity contribution in [1.29, 1.82) is 0 Å². The van der Waals surface area contributed by atoms with Crippen LogP contribution in [0.4, 0.5) is 0 Å². The highest BCUT2D eigenvalue weighted by molar-refractivity contribution is 5.95. The molecule has 3 amide bonds. The highest BCUT2D eigenvalue weighted by Gasteiger charge is 2.44. The van der Waals surface area contributed by atoms with Crippen LogP contribution in [0.5, 0.6) is 0 Å². The van der Waals surface area contributed by atoms with Crippen LogP contribution in [0.25, 0.3) is 0 Å². The number of amides is 3. The molecule has 0 radical (unpaired) electrons. The lowest BCUT2D eigenvalue weighted by Gasteiger charge is -2.33. The van der Waals surface area contributed by atoms with Crippen LogP contribution in [0.1, 0.15) is 32.6 Å². The Kier molecular flexibility index (Phi) is 7.33. The van der Waals surface area contributed by atoms with Crippen LogP contribution >= 0.6 is 0 Å². The van der Waals surface area contributed by atoms with E-state index >= 15 is 0 Å². The zero-order valence-corrected chi connectivity index (χ0v) is 15.8. The first-order chi connectivity index (χ1) is 13.2. The van der Waals surface area contributed by atoms with Gasteiger partial charge in [-0.2, -0.15) is 0 Å². The SMILES string of the molecule is C[C@@H](O)[C@H](NC(=O)[C@@H](N)CO)C(=O)N1CCC[C@@H]1C(=O)N1CCC[C@H]1C(=O)O. The highest BCUT2D eigenvalue weighted by atomic mass is 16.4. The molecular weight excluding hydrogens is 372 g/mol. The molecule has 158 valence electrons. The first-order valence-electron chi connectivity index (χ1n) is 9.37. The van der Waals surface area contributed by atoms with Gasteiger partial charge in [0, 0.05) is 13.1 Å². The van der Waals surface area contributed by atoms with Gasteiger partial charge in [0.15, 0.2) is 0 Å². The van der Waals surface area contributed by atoms with Gasteiger partial charge in [0.2, 0.25) is 17.7 Å². The predicted molar refractivity (Wildman–Crippen MR) is 95.8 cm³/mol. The van der Waals surface area contributed by atoms with Gasteiger partial charge in [-0.3, -0.25) is 14.4 Å². The monoisotopic (exact) mass is 400 g/mol. The van der Waals surface area contributed by atoms with Crippen LogP contribution in [0, 0.1) is 0 Å². The Morgan fingerprint density at radius 2 is 1.68 bits per heavy atom. The van der Waals surface area contributed by atoms with E-state index in [4.69, 9.17) is 10.8 Å². The van der Waals surface area contributed by atoms with Gasteiger partial charge in [-0.1, -0.05) is 0 Å². The van der Waals surface area contributed by atoms with Crippen molar-refractivity contribution in [1.82, 2.24) is 15.1 Å². The van der Waals surface area contributed by atoms with Gasteiger partial charge in [-0.15, -0.1) is 0 Å². The number of carbonyl (C=O) groups is 4. The second-order valence-corrected chi connectivity index (χ2v) is 7.23. The minimum atomic E-state index is -1.33.